The van der Waals surface area contributed by atoms with E-state index in [0.717, 1.165) is 22.8 Å². The number of aliphatic imine (C=N–C) groups is 1. The zero-order valence-corrected chi connectivity index (χ0v) is 17.0. The lowest BCUT2D eigenvalue weighted by Gasteiger charge is -2.22. The van der Waals surface area contributed by atoms with E-state index in [9.17, 15) is 4.79 Å². The Kier molecular flexibility index (Phi) is 7.68. The first-order valence-corrected chi connectivity index (χ1v) is 8.82. The van der Waals surface area contributed by atoms with Gasteiger partial charge in [0.25, 0.3) is 0 Å². The van der Waals surface area contributed by atoms with Gasteiger partial charge in [0.2, 0.25) is 0 Å². The maximum atomic E-state index is 11.9. The van der Waals surface area contributed by atoms with Crippen molar-refractivity contribution in [1.82, 2.24) is 10.2 Å². The van der Waals surface area contributed by atoms with Crippen LogP contribution < -0.4 is 14.8 Å². The highest BCUT2D eigenvalue weighted by atomic mass is 16.5. The molecule has 0 saturated heterocycles. The highest BCUT2D eigenvalue weighted by Crippen LogP contribution is 2.21. The van der Waals surface area contributed by atoms with Crippen LogP contribution in [-0.2, 0) is 17.8 Å². The van der Waals surface area contributed by atoms with Crippen molar-refractivity contribution in [2.45, 2.75) is 13.1 Å². The Balaban J connectivity index is 2.03. The quantitative estimate of drug-likeness (QED) is 0.449. The highest BCUT2D eigenvalue weighted by molar-refractivity contribution is 5.92. The van der Waals surface area contributed by atoms with Gasteiger partial charge >= 0.3 is 5.97 Å². The predicted octanol–water partition coefficient (Wildman–Crippen LogP) is 2.70. The van der Waals surface area contributed by atoms with Crippen LogP contribution in [0.3, 0.4) is 0 Å². The minimum Gasteiger partial charge on any atom is -0.497 e. The van der Waals surface area contributed by atoms with E-state index in [4.69, 9.17) is 14.2 Å². The number of ether oxygens (including phenoxy) is 3. The molecule has 0 aliphatic rings. The Hall–Kier alpha value is -3.22. The normalized spacial score (nSPS) is 11.0. The first kappa shape index (κ1) is 21.1. The average molecular weight is 385 g/mol. The molecule has 7 heteroatoms. The molecule has 1 N–H and O–H groups in total. The molecule has 0 aromatic heterocycles. The van der Waals surface area contributed by atoms with E-state index in [1.807, 2.05) is 42.3 Å². The molecule has 28 heavy (non-hydrogen) atoms. The zero-order chi connectivity index (χ0) is 20.5. The van der Waals surface area contributed by atoms with E-state index in [2.05, 4.69) is 10.3 Å². The number of hydrogen-bond donors (Lipinski definition) is 1. The van der Waals surface area contributed by atoms with Crippen molar-refractivity contribution >= 4 is 11.9 Å². The first-order valence-electron chi connectivity index (χ1n) is 8.82. The van der Waals surface area contributed by atoms with E-state index in [1.54, 1.807) is 26.3 Å². The molecule has 0 amide bonds. The van der Waals surface area contributed by atoms with Gasteiger partial charge in [-0.25, -0.2) is 4.79 Å². The van der Waals surface area contributed by atoms with Crippen molar-refractivity contribution in [3.05, 3.63) is 59.2 Å². The summed E-state index contributed by atoms with van der Waals surface area (Å²) >= 11 is 0. The smallest absolute Gasteiger partial charge is 0.341 e. The molecule has 0 saturated carbocycles. The number of methoxy groups -OCH3 is 3. The minimum absolute atomic E-state index is 0.394. The molecule has 0 aliphatic heterocycles. The lowest BCUT2D eigenvalue weighted by molar-refractivity contribution is 0.0597. The van der Waals surface area contributed by atoms with Gasteiger partial charge in [0.05, 0.1) is 21.3 Å². The summed E-state index contributed by atoms with van der Waals surface area (Å²) in [6.07, 6.45) is 0. The number of benzene rings is 2. The number of carbonyl (C=O) groups is 1. The summed E-state index contributed by atoms with van der Waals surface area (Å²) in [5.41, 5.74) is 2.45. The highest BCUT2D eigenvalue weighted by Gasteiger charge is 2.14. The molecule has 0 aliphatic carbocycles. The number of guanidine groups is 1. The Bertz CT molecular complexity index is 819. The van der Waals surface area contributed by atoms with Crippen LogP contribution in [0, 0.1) is 0 Å². The molecule has 0 fully saturated rings. The molecule has 0 bridgehead atoms. The van der Waals surface area contributed by atoms with E-state index in [1.165, 1.54) is 14.2 Å². The number of hydrogen-bond acceptors (Lipinski definition) is 5. The van der Waals surface area contributed by atoms with Gasteiger partial charge in [-0.3, -0.25) is 4.99 Å². The molecule has 2 rings (SSSR count). The molecule has 2 aromatic rings. The second-order valence-electron chi connectivity index (χ2n) is 6.13. The second kappa shape index (κ2) is 10.2. The third-order valence-electron chi connectivity index (χ3n) is 4.27. The summed E-state index contributed by atoms with van der Waals surface area (Å²) in [5.74, 6) is 1.62. The van der Waals surface area contributed by atoms with Gasteiger partial charge in [0.15, 0.2) is 5.96 Å². The van der Waals surface area contributed by atoms with E-state index < -0.39 is 5.97 Å². The molecule has 0 spiro atoms. The summed E-state index contributed by atoms with van der Waals surface area (Å²) in [7, 11) is 8.23. The number of nitrogens with one attached hydrogen (secondary N) is 1. The number of esters is 1. The molecule has 150 valence electrons. The lowest BCUT2D eigenvalue weighted by Crippen LogP contribution is -2.38. The minimum atomic E-state index is -0.431. The van der Waals surface area contributed by atoms with Crippen LogP contribution in [-0.4, -0.2) is 52.3 Å². The molecule has 0 radical (unpaired) electrons. The Morgan fingerprint density at radius 2 is 1.71 bits per heavy atom. The van der Waals surface area contributed by atoms with E-state index in [0.29, 0.717) is 24.4 Å². The predicted molar refractivity (Wildman–Crippen MR) is 109 cm³/mol. The van der Waals surface area contributed by atoms with Gasteiger partial charge in [-0.05, 0) is 35.4 Å². The van der Waals surface area contributed by atoms with Crippen molar-refractivity contribution < 1.29 is 19.0 Å². The summed E-state index contributed by atoms with van der Waals surface area (Å²) in [4.78, 5) is 18.3. The van der Waals surface area contributed by atoms with Gasteiger partial charge in [-0.2, -0.15) is 0 Å². The van der Waals surface area contributed by atoms with Crippen molar-refractivity contribution in [2.75, 3.05) is 35.4 Å². The van der Waals surface area contributed by atoms with Crippen LogP contribution in [0.4, 0.5) is 0 Å². The number of rotatable bonds is 7. The third kappa shape index (κ3) is 5.39. The van der Waals surface area contributed by atoms with Gasteiger partial charge in [-0.1, -0.05) is 18.2 Å². The third-order valence-corrected chi connectivity index (χ3v) is 4.27. The van der Waals surface area contributed by atoms with Crippen molar-refractivity contribution in [2.24, 2.45) is 4.99 Å². The fourth-order valence-electron chi connectivity index (χ4n) is 2.78. The van der Waals surface area contributed by atoms with Crippen molar-refractivity contribution in [3.63, 3.8) is 0 Å². The van der Waals surface area contributed by atoms with E-state index in [-0.39, 0.29) is 0 Å². The molecule has 0 atom stereocenters. The number of carbonyl (C=O) groups excluding carboxylic acids is 1. The van der Waals surface area contributed by atoms with Gasteiger partial charge in [-0.15, -0.1) is 0 Å². The van der Waals surface area contributed by atoms with Crippen LogP contribution in [0.15, 0.2) is 47.5 Å². The SMILES string of the molecule is CN=C(NCc1ccc(OC)c(C(=O)OC)c1)N(C)Cc1ccc(OC)cc1. The maximum Gasteiger partial charge on any atom is 0.341 e. The maximum absolute atomic E-state index is 11.9. The Morgan fingerprint density at radius 3 is 2.29 bits per heavy atom. The van der Waals surface area contributed by atoms with Crippen LogP contribution in [0.5, 0.6) is 11.5 Å². The van der Waals surface area contributed by atoms with Crippen molar-refractivity contribution in [3.8, 4) is 11.5 Å². The fourth-order valence-corrected chi connectivity index (χ4v) is 2.78. The van der Waals surface area contributed by atoms with Gasteiger partial charge in [0.1, 0.15) is 17.1 Å². The summed E-state index contributed by atoms with van der Waals surface area (Å²) < 4.78 is 15.2. The zero-order valence-electron chi connectivity index (χ0n) is 17.0. The van der Waals surface area contributed by atoms with Crippen LogP contribution >= 0.6 is 0 Å². The van der Waals surface area contributed by atoms with Crippen LogP contribution in [0.1, 0.15) is 21.5 Å². The fraction of sp³-hybridized carbons (Fsp3) is 0.333. The second-order valence-corrected chi connectivity index (χ2v) is 6.13. The Labute approximate surface area is 165 Å². The molecule has 7 nitrogen and oxygen atoms in total. The molecular formula is C21H27N3O4. The summed E-state index contributed by atoms with van der Waals surface area (Å²) in [6.45, 7) is 1.20. The Morgan fingerprint density at radius 1 is 1.04 bits per heavy atom. The topological polar surface area (TPSA) is 72.4 Å². The molecule has 0 heterocycles. The van der Waals surface area contributed by atoms with Gasteiger partial charge < -0.3 is 24.4 Å². The lowest BCUT2D eigenvalue weighted by atomic mass is 10.1. The monoisotopic (exact) mass is 385 g/mol. The van der Waals surface area contributed by atoms with E-state index >= 15 is 0 Å². The van der Waals surface area contributed by atoms with Crippen LogP contribution in [0.2, 0.25) is 0 Å². The van der Waals surface area contributed by atoms with Gasteiger partial charge in [0, 0.05) is 27.2 Å². The van der Waals surface area contributed by atoms with Crippen LogP contribution in [0.25, 0.3) is 0 Å². The molecule has 0 unspecified atom stereocenters. The summed E-state index contributed by atoms with van der Waals surface area (Å²) in [6, 6.07) is 13.3. The largest absolute Gasteiger partial charge is 0.497 e. The molecule has 2 aromatic carbocycles. The first-order chi connectivity index (χ1) is 13.5. The number of nitrogens with zero attached hydrogens (tertiary/aromatic N) is 2. The van der Waals surface area contributed by atoms with Crippen molar-refractivity contribution in [1.29, 1.82) is 0 Å². The average Bonchev–Trinajstić information content (AvgIpc) is 2.74. The molecular weight excluding hydrogens is 358 g/mol. The standard InChI is InChI=1S/C21H27N3O4/c1-22-21(24(2)14-15-6-9-17(26-3)10-7-15)23-13-16-8-11-19(27-4)18(12-16)20(25)28-5/h6-12H,13-14H2,1-5H3,(H,22,23). The summed E-state index contributed by atoms with van der Waals surface area (Å²) in [5, 5.41) is 3.31.